The zero-order valence-electron chi connectivity index (χ0n) is 24.5. The molecule has 0 aliphatic rings. The molecule has 6 aromatic rings. The Kier molecular flexibility index (Phi) is 7.82. The molecule has 0 atom stereocenters. The van der Waals surface area contributed by atoms with Gasteiger partial charge in [0, 0.05) is 22.3 Å². The van der Waals surface area contributed by atoms with Gasteiger partial charge in [0.1, 0.15) is 29.7 Å². The van der Waals surface area contributed by atoms with Crippen LogP contribution in [0.3, 0.4) is 0 Å². The number of benzene rings is 4. The molecule has 8 heteroatoms. The van der Waals surface area contributed by atoms with Crippen LogP contribution in [0.5, 0.6) is 23.0 Å². The Morgan fingerprint density at radius 2 is 0.698 bits per heavy atom. The predicted octanol–water partition coefficient (Wildman–Crippen LogP) is 7.29. The largest absolute Gasteiger partial charge is 0.497 e. The Hall–Kier alpha value is -5.50. The Morgan fingerprint density at radius 3 is 0.977 bits per heavy atom. The standard InChI is InChI=1S/C35H32N4O4/c1-40-28-13-5-24(6-14-28)32-21-34(26-9-17-30(42-3)18-10-26)38(36-32)23-39-35(27-11-19-31(43-4)20-12-27)22-33(37-39)25-7-15-29(41-2)16-8-25/h5-22H,23H2,1-4H3. The maximum absolute atomic E-state index is 5.40. The van der Waals surface area contributed by atoms with Crippen LogP contribution in [0.4, 0.5) is 0 Å². The highest BCUT2D eigenvalue weighted by atomic mass is 16.5. The molecule has 6 rings (SSSR count). The van der Waals surface area contributed by atoms with E-state index in [0.717, 1.165) is 68.0 Å². The summed E-state index contributed by atoms with van der Waals surface area (Å²) in [4.78, 5) is 0. The molecule has 0 saturated heterocycles. The minimum absolute atomic E-state index is 0.384. The molecule has 0 amide bonds. The van der Waals surface area contributed by atoms with Crippen molar-refractivity contribution in [2.24, 2.45) is 0 Å². The molecular formula is C35H32N4O4. The van der Waals surface area contributed by atoms with Crippen molar-refractivity contribution in [1.82, 2.24) is 19.6 Å². The monoisotopic (exact) mass is 572 g/mol. The lowest BCUT2D eigenvalue weighted by Crippen LogP contribution is -2.13. The molecule has 2 aromatic heterocycles. The zero-order valence-corrected chi connectivity index (χ0v) is 24.5. The Balaban J connectivity index is 1.46. The van der Waals surface area contributed by atoms with Crippen molar-refractivity contribution in [2.75, 3.05) is 28.4 Å². The van der Waals surface area contributed by atoms with Crippen molar-refractivity contribution in [3.05, 3.63) is 109 Å². The van der Waals surface area contributed by atoms with Gasteiger partial charge in [-0.25, -0.2) is 9.36 Å². The lowest BCUT2D eigenvalue weighted by Gasteiger charge is -2.12. The van der Waals surface area contributed by atoms with E-state index in [4.69, 9.17) is 29.1 Å². The molecule has 8 nitrogen and oxygen atoms in total. The smallest absolute Gasteiger partial charge is 0.134 e. The summed E-state index contributed by atoms with van der Waals surface area (Å²) in [6.45, 7) is 0.384. The first-order chi connectivity index (χ1) is 21.1. The van der Waals surface area contributed by atoms with Crippen molar-refractivity contribution < 1.29 is 18.9 Å². The summed E-state index contributed by atoms with van der Waals surface area (Å²) in [5.41, 5.74) is 7.62. The number of ether oxygens (including phenoxy) is 4. The minimum atomic E-state index is 0.384. The number of nitrogens with zero attached hydrogens (tertiary/aromatic N) is 4. The second-order valence-electron chi connectivity index (χ2n) is 9.88. The van der Waals surface area contributed by atoms with Gasteiger partial charge in [0.25, 0.3) is 0 Å². The lowest BCUT2D eigenvalue weighted by atomic mass is 10.1. The SMILES string of the molecule is COc1ccc(-c2cc(-c3ccc(OC)cc3)n(Cn3nc(-c4ccc(OC)cc4)cc3-c3ccc(OC)cc3)n2)cc1. The van der Waals surface area contributed by atoms with E-state index in [1.54, 1.807) is 28.4 Å². The van der Waals surface area contributed by atoms with E-state index in [2.05, 4.69) is 12.1 Å². The van der Waals surface area contributed by atoms with E-state index < -0.39 is 0 Å². The quantitative estimate of drug-likeness (QED) is 0.172. The predicted molar refractivity (Wildman–Crippen MR) is 168 cm³/mol. The third-order valence-corrected chi connectivity index (χ3v) is 7.37. The van der Waals surface area contributed by atoms with Crippen LogP contribution in [0.25, 0.3) is 45.0 Å². The average molecular weight is 573 g/mol. The van der Waals surface area contributed by atoms with E-state index in [1.165, 1.54) is 0 Å². The average Bonchev–Trinajstić information content (AvgIpc) is 3.70. The second kappa shape index (κ2) is 12.2. The van der Waals surface area contributed by atoms with Crippen LogP contribution in [0.15, 0.2) is 109 Å². The van der Waals surface area contributed by atoms with Gasteiger partial charge in [-0.1, -0.05) is 0 Å². The minimum Gasteiger partial charge on any atom is -0.497 e. The Labute approximate surface area is 250 Å². The summed E-state index contributed by atoms with van der Waals surface area (Å²) >= 11 is 0. The van der Waals surface area contributed by atoms with Gasteiger partial charge in [-0.3, -0.25) is 0 Å². The van der Waals surface area contributed by atoms with Gasteiger partial charge >= 0.3 is 0 Å². The molecule has 0 saturated carbocycles. The van der Waals surface area contributed by atoms with Crippen molar-refractivity contribution in [3.63, 3.8) is 0 Å². The van der Waals surface area contributed by atoms with Crippen LogP contribution in [-0.4, -0.2) is 48.0 Å². The van der Waals surface area contributed by atoms with Gasteiger partial charge < -0.3 is 18.9 Å². The third kappa shape index (κ3) is 5.81. The summed E-state index contributed by atoms with van der Waals surface area (Å²) in [5.74, 6) is 3.18. The number of rotatable bonds is 10. The molecule has 43 heavy (non-hydrogen) atoms. The summed E-state index contributed by atoms with van der Waals surface area (Å²) < 4.78 is 25.5. The fourth-order valence-electron chi connectivity index (χ4n) is 4.97. The second-order valence-corrected chi connectivity index (χ2v) is 9.88. The van der Waals surface area contributed by atoms with Gasteiger partial charge in [-0.2, -0.15) is 10.2 Å². The van der Waals surface area contributed by atoms with Crippen LogP contribution >= 0.6 is 0 Å². The number of hydrogen-bond acceptors (Lipinski definition) is 6. The third-order valence-electron chi connectivity index (χ3n) is 7.37. The topological polar surface area (TPSA) is 72.6 Å². The van der Waals surface area contributed by atoms with E-state index in [1.807, 2.05) is 106 Å². The van der Waals surface area contributed by atoms with Crippen LogP contribution in [-0.2, 0) is 6.67 Å². The molecule has 216 valence electrons. The maximum Gasteiger partial charge on any atom is 0.134 e. The van der Waals surface area contributed by atoms with Crippen molar-refractivity contribution in [3.8, 4) is 68.0 Å². The highest BCUT2D eigenvalue weighted by molar-refractivity contribution is 5.71. The van der Waals surface area contributed by atoms with E-state index in [-0.39, 0.29) is 0 Å². The molecule has 0 N–H and O–H groups in total. The first kappa shape index (κ1) is 27.7. The highest BCUT2D eigenvalue weighted by Gasteiger charge is 2.17. The van der Waals surface area contributed by atoms with Gasteiger partial charge in [0.15, 0.2) is 0 Å². The number of methoxy groups -OCH3 is 4. The summed E-state index contributed by atoms with van der Waals surface area (Å²) in [6, 6.07) is 36.0. The van der Waals surface area contributed by atoms with Crippen LogP contribution in [0.1, 0.15) is 0 Å². The summed E-state index contributed by atoms with van der Waals surface area (Å²) in [7, 11) is 6.66. The molecule has 0 aliphatic heterocycles. The van der Waals surface area contributed by atoms with Crippen LogP contribution in [0, 0.1) is 0 Å². The fraction of sp³-hybridized carbons (Fsp3) is 0.143. The molecule has 2 heterocycles. The number of hydrogen-bond donors (Lipinski definition) is 0. The van der Waals surface area contributed by atoms with Gasteiger partial charge in [-0.05, 0) is 109 Å². The highest BCUT2D eigenvalue weighted by Crippen LogP contribution is 2.32. The molecule has 0 spiro atoms. The normalized spacial score (nSPS) is 10.9. The molecule has 0 aliphatic carbocycles. The Morgan fingerprint density at radius 1 is 0.419 bits per heavy atom. The van der Waals surface area contributed by atoms with Crippen molar-refractivity contribution in [1.29, 1.82) is 0 Å². The molecular weight excluding hydrogens is 540 g/mol. The maximum atomic E-state index is 5.40. The summed E-state index contributed by atoms with van der Waals surface area (Å²) in [5, 5.41) is 10.1. The summed E-state index contributed by atoms with van der Waals surface area (Å²) in [6.07, 6.45) is 0. The van der Waals surface area contributed by atoms with Crippen molar-refractivity contribution in [2.45, 2.75) is 6.67 Å². The van der Waals surface area contributed by atoms with Gasteiger partial charge in [0.05, 0.1) is 51.2 Å². The first-order valence-corrected chi connectivity index (χ1v) is 13.8. The first-order valence-electron chi connectivity index (χ1n) is 13.8. The van der Waals surface area contributed by atoms with Gasteiger partial charge in [0.2, 0.25) is 0 Å². The van der Waals surface area contributed by atoms with E-state index in [9.17, 15) is 0 Å². The molecule has 0 bridgehead atoms. The lowest BCUT2D eigenvalue weighted by molar-refractivity contribution is 0.414. The molecule has 0 unspecified atom stereocenters. The van der Waals surface area contributed by atoms with E-state index in [0.29, 0.717) is 6.67 Å². The van der Waals surface area contributed by atoms with Crippen LogP contribution < -0.4 is 18.9 Å². The van der Waals surface area contributed by atoms with E-state index >= 15 is 0 Å². The fourth-order valence-corrected chi connectivity index (χ4v) is 4.97. The number of aromatic nitrogens is 4. The van der Waals surface area contributed by atoms with Crippen LogP contribution in [0.2, 0.25) is 0 Å². The van der Waals surface area contributed by atoms with Gasteiger partial charge in [-0.15, -0.1) is 0 Å². The molecule has 0 radical (unpaired) electrons. The Bertz CT molecular complexity index is 1670. The molecule has 4 aromatic carbocycles. The van der Waals surface area contributed by atoms with Crippen molar-refractivity contribution >= 4 is 0 Å². The zero-order chi connectivity index (χ0) is 29.8. The molecule has 0 fully saturated rings.